The molecule has 0 saturated carbocycles. The molecule has 2 aromatic rings. The second-order valence-electron chi connectivity index (χ2n) is 5.45. The highest BCUT2D eigenvalue weighted by Gasteiger charge is 2.04. The van der Waals surface area contributed by atoms with Gasteiger partial charge >= 0.3 is 0 Å². The van der Waals surface area contributed by atoms with Crippen LogP contribution in [0, 0.1) is 0 Å². The van der Waals surface area contributed by atoms with Gasteiger partial charge in [0, 0.05) is 28.2 Å². The van der Waals surface area contributed by atoms with Gasteiger partial charge in [-0.15, -0.1) is 24.0 Å². The Morgan fingerprint density at radius 2 is 1.55 bits per heavy atom. The Kier molecular flexibility index (Phi) is 6.93. The largest absolute Gasteiger partial charge is 0.497 e. The lowest BCUT2D eigenvalue weighted by atomic mass is 10.1. The zero-order valence-corrected chi connectivity index (χ0v) is 16.2. The summed E-state index contributed by atoms with van der Waals surface area (Å²) in [4.78, 5) is 8.72. The van der Waals surface area contributed by atoms with E-state index < -0.39 is 0 Å². The molecule has 5 heteroatoms. The Bertz CT molecular complexity index is 643. The quantitative estimate of drug-likeness (QED) is 0.439. The summed E-state index contributed by atoms with van der Waals surface area (Å²) < 4.78 is 5.25. The molecule has 0 bridgehead atoms. The van der Waals surface area contributed by atoms with Crippen LogP contribution in [0.4, 0.5) is 0 Å². The van der Waals surface area contributed by atoms with Crippen LogP contribution in [0.25, 0.3) is 10.8 Å². The Labute approximate surface area is 149 Å². The number of aliphatic imine (C=N–C) groups is 1. The molecule has 0 atom stereocenters. The molecule has 0 saturated heterocycles. The third kappa shape index (κ3) is 4.50. The first-order valence-electron chi connectivity index (χ1n) is 6.97. The molecule has 0 aliphatic heterocycles. The molecule has 0 unspecified atom stereocenters. The molecule has 22 heavy (non-hydrogen) atoms. The number of nitrogens with zero attached hydrogens (tertiary/aromatic N) is 3. The molecule has 0 N–H and O–H groups in total. The minimum atomic E-state index is 0. The molecular weight excluding hydrogens is 389 g/mol. The van der Waals surface area contributed by atoms with Crippen molar-refractivity contribution in [1.29, 1.82) is 0 Å². The predicted octanol–water partition coefficient (Wildman–Crippen LogP) is 3.45. The fourth-order valence-corrected chi connectivity index (χ4v) is 2.34. The molecule has 4 nitrogen and oxygen atoms in total. The van der Waals surface area contributed by atoms with Crippen molar-refractivity contribution in [2.75, 3.05) is 35.3 Å². The van der Waals surface area contributed by atoms with E-state index in [0.717, 1.165) is 11.7 Å². The van der Waals surface area contributed by atoms with E-state index in [2.05, 4.69) is 29.3 Å². The highest BCUT2D eigenvalue weighted by atomic mass is 127. The molecular formula is C17H24IN3O. The minimum absolute atomic E-state index is 0. The number of methoxy groups -OCH3 is 1. The zero-order valence-electron chi connectivity index (χ0n) is 13.8. The van der Waals surface area contributed by atoms with Gasteiger partial charge in [0.05, 0.1) is 13.7 Å². The fraction of sp³-hybridized carbons (Fsp3) is 0.353. The molecule has 0 heterocycles. The topological polar surface area (TPSA) is 28.1 Å². The van der Waals surface area contributed by atoms with Crippen molar-refractivity contribution in [3.8, 4) is 5.75 Å². The van der Waals surface area contributed by atoms with Gasteiger partial charge in [-0.3, -0.25) is 0 Å². The second kappa shape index (κ2) is 8.22. The van der Waals surface area contributed by atoms with Crippen LogP contribution in [0.3, 0.4) is 0 Å². The van der Waals surface area contributed by atoms with Crippen molar-refractivity contribution in [2.24, 2.45) is 4.99 Å². The normalized spacial score (nSPS) is 9.86. The third-order valence-electron chi connectivity index (χ3n) is 3.31. The van der Waals surface area contributed by atoms with Crippen LogP contribution in [0.1, 0.15) is 5.56 Å². The van der Waals surface area contributed by atoms with E-state index in [1.54, 1.807) is 7.11 Å². The average molecular weight is 413 g/mol. The summed E-state index contributed by atoms with van der Waals surface area (Å²) in [6, 6.07) is 12.5. The summed E-state index contributed by atoms with van der Waals surface area (Å²) in [5.41, 5.74) is 1.20. The monoisotopic (exact) mass is 413 g/mol. The van der Waals surface area contributed by atoms with Crippen LogP contribution in [-0.4, -0.2) is 51.1 Å². The maximum absolute atomic E-state index is 5.25. The lowest BCUT2D eigenvalue weighted by Crippen LogP contribution is -2.35. The van der Waals surface area contributed by atoms with Gasteiger partial charge in [-0.1, -0.05) is 18.2 Å². The van der Waals surface area contributed by atoms with Gasteiger partial charge < -0.3 is 14.5 Å². The number of halogens is 1. The highest BCUT2D eigenvalue weighted by Crippen LogP contribution is 2.22. The van der Waals surface area contributed by atoms with Crippen molar-refractivity contribution in [3.63, 3.8) is 0 Å². The Balaban J connectivity index is 0.00000242. The van der Waals surface area contributed by atoms with E-state index in [1.165, 1.54) is 16.3 Å². The maximum Gasteiger partial charge on any atom is 0.195 e. The van der Waals surface area contributed by atoms with Gasteiger partial charge in [0.2, 0.25) is 0 Å². The van der Waals surface area contributed by atoms with Crippen LogP contribution >= 0.6 is 24.0 Å². The van der Waals surface area contributed by atoms with Gasteiger partial charge in [-0.05, 0) is 34.5 Å². The minimum Gasteiger partial charge on any atom is -0.497 e. The number of fused-ring (bicyclic) bond motifs is 1. The SMILES string of the molecule is COc1ccc2cc(CN=C(N(C)C)N(C)C)ccc2c1.I. The molecule has 120 valence electrons. The zero-order chi connectivity index (χ0) is 15.4. The Morgan fingerprint density at radius 1 is 0.955 bits per heavy atom. The van der Waals surface area contributed by atoms with E-state index in [4.69, 9.17) is 4.74 Å². The summed E-state index contributed by atoms with van der Waals surface area (Å²) in [6.45, 7) is 0.674. The number of ether oxygens (including phenoxy) is 1. The maximum atomic E-state index is 5.25. The van der Waals surface area contributed by atoms with Crippen LogP contribution in [0.2, 0.25) is 0 Å². The number of hydrogen-bond acceptors (Lipinski definition) is 2. The van der Waals surface area contributed by atoms with Gasteiger partial charge in [0.25, 0.3) is 0 Å². The fourth-order valence-electron chi connectivity index (χ4n) is 2.34. The molecule has 2 aromatic carbocycles. The summed E-state index contributed by atoms with van der Waals surface area (Å²) >= 11 is 0. The van der Waals surface area contributed by atoms with Crippen LogP contribution in [0.5, 0.6) is 5.75 Å². The van der Waals surface area contributed by atoms with Gasteiger partial charge in [-0.25, -0.2) is 4.99 Å². The van der Waals surface area contributed by atoms with E-state index in [0.29, 0.717) is 6.54 Å². The van der Waals surface area contributed by atoms with E-state index in [9.17, 15) is 0 Å². The molecule has 0 aliphatic rings. The smallest absolute Gasteiger partial charge is 0.195 e. The average Bonchev–Trinajstić information content (AvgIpc) is 2.46. The number of rotatable bonds is 3. The Morgan fingerprint density at radius 3 is 2.14 bits per heavy atom. The lowest BCUT2D eigenvalue weighted by Gasteiger charge is -2.22. The summed E-state index contributed by atoms with van der Waals surface area (Å²) in [5, 5.41) is 2.39. The molecule has 0 radical (unpaired) electrons. The van der Waals surface area contributed by atoms with Crippen molar-refractivity contribution < 1.29 is 4.74 Å². The standard InChI is InChI=1S/C17H23N3O.HI/c1-19(2)17(20(3)4)18-12-13-6-7-15-11-16(21-5)9-8-14(15)10-13;/h6-11H,12H2,1-5H3;1H. The molecule has 0 aliphatic carbocycles. The number of guanidine groups is 1. The highest BCUT2D eigenvalue weighted by molar-refractivity contribution is 14.0. The Hall–Kier alpha value is -1.50. The second-order valence-corrected chi connectivity index (χ2v) is 5.45. The summed E-state index contributed by atoms with van der Waals surface area (Å²) in [6.07, 6.45) is 0. The molecule has 0 fully saturated rings. The van der Waals surface area contributed by atoms with Crippen molar-refractivity contribution >= 4 is 40.7 Å². The summed E-state index contributed by atoms with van der Waals surface area (Å²) in [5.74, 6) is 1.85. The van der Waals surface area contributed by atoms with Gasteiger partial charge in [-0.2, -0.15) is 0 Å². The van der Waals surface area contributed by atoms with E-state index in [1.807, 2.05) is 50.1 Å². The van der Waals surface area contributed by atoms with Crippen molar-refractivity contribution in [1.82, 2.24) is 9.80 Å². The predicted molar refractivity (Wildman–Crippen MR) is 104 cm³/mol. The third-order valence-corrected chi connectivity index (χ3v) is 3.31. The number of hydrogen-bond donors (Lipinski definition) is 0. The molecule has 0 amide bonds. The van der Waals surface area contributed by atoms with Crippen LogP contribution < -0.4 is 4.74 Å². The van der Waals surface area contributed by atoms with Gasteiger partial charge in [0.15, 0.2) is 5.96 Å². The molecule has 2 rings (SSSR count). The van der Waals surface area contributed by atoms with E-state index in [-0.39, 0.29) is 24.0 Å². The lowest BCUT2D eigenvalue weighted by molar-refractivity contribution is 0.415. The molecule has 0 spiro atoms. The molecule has 0 aromatic heterocycles. The first-order valence-corrected chi connectivity index (χ1v) is 6.97. The van der Waals surface area contributed by atoms with Gasteiger partial charge in [0.1, 0.15) is 5.75 Å². The summed E-state index contributed by atoms with van der Waals surface area (Å²) in [7, 11) is 9.71. The number of benzene rings is 2. The van der Waals surface area contributed by atoms with Crippen molar-refractivity contribution in [3.05, 3.63) is 42.0 Å². The van der Waals surface area contributed by atoms with Crippen molar-refractivity contribution in [2.45, 2.75) is 6.54 Å². The van der Waals surface area contributed by atoms with Crippen LogP contribution in [0.15, 0.2) is 41.4 Å². The van der Waals surface area contributed by atoms with E-state index >= 15 is 0 Å². The first-order chi connectivity index (χ1) is 10.0. The van der Waals surface area contributed by atoms with Crippen LogP contribution in [-0.2, 0) is 6.54 Å². The first kappa shape index (κ1) is 18.5.